The third-order valence-corrected chi connectivity index (χ3v) is 4.76. The average molecular weight is 405 g/mol. The first-order valence-corrected chi connectivity index (χ1v) is 10.1. The molecule has 0 saturated carbocycles. The van der Waals surface area contributed by atoms with Gasteiger partial charge < -0.3 is 11.1 Å². The number of unbranched alkanes of at least 4 members (excludes halogenated alkanes) is 3. The lowest BCUT2D eigenvalue weighted by atomic mass is 10.0. The van der Waals surface area contributed by atoms with E-state index in [0.717, 1.165) is 42.8 Å². The zero-order valence-electron chi connectivity index (χ0n) is 17.3. The summed E-state index contributed by atoms with van der Waals surface area (Å²) in [6.07, 6.45) is 5.61. The van der Waals surface area contributed by atoms with Crippen molar-refractivity contribution in [3.8, 4) is 0 Å². The largest absolute Gasteiger partial charge is 0.385 e. The fraction of sp³-hybridized carbons (Fsp3) is 0.524. The van der Waals surface area contributed by atoms with Crippen molar-refractivity contribution in [3.05, 3.63) is 29.3 Å². The van der Waals surface area contributed by atoms with E-state index in [9.17, 15) is 19.2 Å². The Hall–Kier alpha value is -2.74. The fourth-order valence-corrected chi connectivity index (χ4v) is 3.13. The van der Waals surface area contributed by atoms with Gasteiger partial charge in [-0.05, 0) is 50.4 Å². The molecular weight excluding hydrogens is 372 g/mol. The second-order valence-corrected chi connectivity index (χ2v) is 6.86. The molecule has 160 valence electrons. The second kappa shape index (κ2) is 13.4. The van der Waals surface area contributed by atoms with E-state index in [1.54, 1.807) is 19.1 Å². The summed E-state index contributed by atoms with van der Waals surface area (Å²) in [5.74, 6) is -1.24. The number of anilines is 1. The van der Waals surface area contributed by atoms with Crippen molar-refractivity contribution in [3.63, 3.8) is 0 Å². The van der Waals surface area contributed by atoms with Gasteiger partial charge in [0.15, 0.2) is 0 Å². The number of hydrogen-bond donors (Lipinski definition) is 3. The van der Waals surface area contributed by atoms with Crippen LogP contribution in [0.3, 0.4) is 0 Å². The van der Waals surface area contributed by atoms with Gasteiger partial charge in [-0.25, -0.2) is 0 Å². The standard InChI is InChI=1S/C21H32N4O4/c1-3-9-19(20(28)24-14-26)25(15-27)21(29)17-10-8-11-18(16(17)2)23-13-7-5-4-6-12-22/h8,10-11,14-15,19,23H,3-7,9,12-13,22H2,1-2H3,(H,24,26,28). The maximum absolute atomic E-state index is 13.0. The summed E-state index contributed by atoms with van der Waals surface area (Å²) in [6, 6.07) is 4.20. The molecule has 0 aliphatic carbocycles. The molecule has 0 heterocycles. The van der Waals surface area contributed by atoms with Crippen molar-refractivity contribution >= 4 is 30.3 Å². The Bertz CT molecular complexity index is 693. The molecule has 1 atom stereocenters. The lowest BCUT2D eigenvalue weighted by molar-refractivity contribution is -0.133. The fourth-order valence-electron chi connectivity index (χ4n) is 3.13. The number of hydrogen-bond acceptors (Lipinski definition) is 6. The molecule has 4 N–H and O–H groups in total. The summed E-state index contributed by atoms with van der Waals surface area (Å²) in [4.78, 5) is 48.3. The molecule has 1 aromatic rings. The molecule has 0 radical (unpaired) electrons. The Labute approximate surface area is 172 Å². The van der Waals surface area contributed by atoms with E-state index in [2.05, 4.69) is 5.32 Å². The Kier molecular flexibility index (Phi) is 11.3. The van der Waals surface area contributed by atoms with Crippen molar-refractivity contribution in [1.29, 1.82) is 0 Å². The van der Waals surface area contributed by atoms with Crippen LogP contribution < -0.4 is 16.4 Å². The number of nitrogens with one attached hydrogen (secondary N) is 2. The van der Waals surface area contributed by atoms with Gasteiger partial charge in [0, 0.05) is 17.8 Å². The molecule has 29 heavy (non-hydrogen) atoms. The topological polar surface area (TPSA) is 122 Å². The number of rotatable bonds is 14. The van der Waals surface area contributed by atoms with E-state index < -0.39 is 17.9 Å². The number of nitrogens with two attached hydrogens (primary N) is 1. The highest BCUT2D eigenvalue weighted by molar-refractivity contribution is 6.05. The minimum absolute atomic E-state index is 0.252. The molecule has 0 aliphatic rings. The molecule has 0 aliphatic heterocycles. The SMILES string of the molecule is CCCC(C(=O)NC=O)N(C=O)C(=O)c1cccc(NCCCCCCN)c1C. The lowest BCUT2D eigenvalue weighted by Gasteiger charge is -2.25. The van der Waals surface area contributed by atoms with Crippen LogP contribution in [-0.2, 0) is 14.4 Å². The zero-order valence-corrected chi connectivity index (χ0v) is 17.3. The lowest BCUT2D eigenvalue weighted by Crippen LogP contribution is -2.48. The van der Waals surface area contributed by atoms with Crippen LogP contribution in [0.25, 0.3) is 0 Å². The van der Waals surface area contributed by atoms with Gasteiger partial charge in [0.1, 0.15) is 6.04 Å². The second-order valence-electron chi connectivity index (χ2n) is 6.86. The summed E-state index contributed by atoms with van der Waals surface area (Å²) in [5.41, 5.74) is 7.35. The predicted molar refractivity (Wildman–Crippen MR) is 112 cm³/mol. The van der Waals surface area contributed by atoms with Crippen LogP contribution in [-0.4, -0.2) is 48.7 Å². The number of amides is 4. The molecule has 8 heteroatoms. The van der Waals surface area contributed by atoms with E-state index in [0.29, 0.717) is 30.5 Å². The smallest absolute Gasteiger partial charge is 0.261 e. The van der Waals surface area contributed by atoms with Gasteiger partial charge in [-0.15, -0.1) is 0 Å². The van der Waals surface area contributed by atoms with Gasteiger partial charge in [0.05, 0.1) is 0 Å². The van der Waals surface area contributed by atoms with Gasteiger partial charge in [-0.3, -0.25) is 29.4 Å². The Morgan fingerprint density at radius 3 is 2.52 bits per heavy atom. The number of carbonyl (C=O) groups is 4. The van der Waals surface area contributed by atoms with Crippen LogP contribution in [0.4, 0.5) is 5.69 Å². The summed E-state index contributed by atoms with van der Waals surface area (Å²) in [6.45, 7) is 5.10. The highest BCUT2D eigenvalue weighted by atomic mass is 16.2. The van der Waals surface area contributed by atoms with E-state index in [1.165, 1.54) is 0 Å². The Morgan fingerprint density at radius 2 is 1.90 bits per heavy atom. The van der Waals surface area contributed by atoms with Gasteiger partial charge in [-0.2, -0.15) is 0 Å². The molecule has 4 amide bonds. The molecule has 0 fully saturated rings. The summed E-state index contributed by atoms with van der Waals surface area (Å²) >= 11 is 0. The third kappa shape index (κ3) is 7.30. The van der Waals surface area contributed by atoms with Gasteiger partial charge in [-0.1, -0.05) is 32.3 Å². The van der Waals surface area contributed by atoms with E-state index in [1.807, 2.05) is 18.3 Å². The molecule has 0 aromatic heterocycles. The van der Waals surface area contributed by atoms with Crippen molar-refractivity contribution < 1.29 is 19.2 Å². The summed E-state index contributed by atoms with van der Waals surface area (Å²) in [7, 11) is 0. The summed E-state index contributed by atoms with van der Waals surface area (Å²) < 4.78 is 0. The van der Waals surface area contributed by atoms with Crippen LogP contribution in [0, 0.1) is 6.92 Å². The van der Waals surface area contributed by atoms with E-state index >= 15 is 0 Å². The maximum Gasteiger partial charge on any atom is 0.261 e. The van der Waals surface area contributed by atoms with Gasteiger partial charge in [0.25, 0.3) is 5.91 Å². The minimum atomic E-state index is -1.03. The first kappa shape index (κ1) is 24.3. The molecule has 8 nitrogen and oxygen atoms in total. The predicted octanol–water partition coefficient (Wildman–Crippen LogP) is 1.97. The molecule has 0 bridgehead atoms. The van der Waals surface area contributed by atoms with Crippen molar-refractivity contribution in [1.82, 2.24) is 10.2 Å². The van der Waals surface area contributed by atoms with Gasteiger partial charge >= 0.3 is 0 Å². The Balaban J connectivity index is 2.94. The first-order valence-electron chi connectivity index (χ1n) is 10.1. The molecule has 0 saturated heterocycles. The monoisotopic (exact) mass is 404 g/mol. The van der Waals surface area contributed by atoms with Gasteiger partial charge in [0.2, 0.25) is 18.7 Å². The minimum Gasteiger partial charge on any atom is -0.385 e. The van der Waals surface area contributed by atoms with Crippen molar-refractivity contribution in [2.24, 2.45) is 5.73 Å². The number of imide groups is 2. The van der Waals surface area contributed by atoms with Crippen molar-refractivity contribution in [2.75, 3.05) is 18.4 Å². The van der Waals surface area contributed by atoms with E-state index in [-0.39, 0.29) is 12.8 Å². The molecule has 1 unspecified atom stereocenters. The highest BCUT2D eigenvalue weighted by Crippen LogP contribution is 2.22. The quantitative estimate of drug-likeness (QED) is 0.322. The average Bonchev–Trinajstić information content (AvgIpc) is 2.71. The molecule has 0 spiro atoms. The Morgan fingerprint density at radius 1 is 1.17 bits per heavy atom. The zero-order chi connectivity index (χ0) is 21.6. The van der Waals surface area contributed by atoms with Crippen LogP contribution in [0.1, 0.15) is 61.4 Å². The molecule has 1 rings (SSSR count). The van der Waals surface area contributed by atoms with Crippen LogP contribution in [0.5, 0.6) is 0 Å². The highest BCUT2D eigenvalue weighted by Gasteiger charge is 2.30. The van der Waals surface area contributed by atoms with E-state index in [4.69, 9.17) is 5.73 Å². The molecular formula is C21H32N4O4. The maximum atomic E-state index is 13.0. The van der Waals surface area contributed by atoms with Crippen molar-refractivity contribution in [2.45, 2.75) is 58.4 Å². The normalized spacial score (nSPS) is 11.4. The number of benzene rings is 1. The van der Waals surface area contributed by atoms with Crippen LogP contribution in [0.15, 0.2) is 18.2 Å². The summed E-state index contributed by atoms with van der Waals surface area (Å²) in [5, 5.41) is 5.36. The van der Waals surface area contributed by atoms with Crippen LogP contribution in [0.2, 0.25) is 0 Å². The first-order chi connectivity index (χ1) is 14.0. The molecule has 1 aromatic carbocycles. The number of nitrogens with zero attached hydrogens (tertiary/aromatic N) is 1. The third-order valence-electron chi connectivity index (χ3n) is 4.76. The van der Waals surface area contributed by atoms with Crippen LogP contribution >= 0.6 is 0 Å². The number of carbonyl (C=O) groups excluding carboxylic acids is 4.